The average molecular weight is 446 g/mol. The Bertz CT molecular complexity index is 1220. The minimum atomic E-state index is -0.657. The van der Waals surface area contributed by atoms with E-state index in [4.69, 9.17) is 4.74 Å². The van der Waals surface area contributed by atoms with Gasteiger partial charge in [-0.15, -0.1) is 0 Å². The quantitative estimate of drug-likeness (QED) is 0.539. The maximum Gasteiger partial charge on any atom is 0.332 e. The third-order valence-corrected chi connectivity index (χ3v) is 6.01. The number of rotatable bonds is 6. The zero-order chi connectivity index (χ0) is 23.7. The van der Waals surface area contributed by atoms with Gasteiger partial charge in [-0.05, 0) is 60.5 Å². The Balaban J connectivity index is 1.45. The summed E-state index contributed by atoms with van der Waals surface area (Å²) in [6, 6.07) is 18.1. The van der Waals surface area contributed by atoms with E-state index in [0.29, 0.717) is 12.2 Å². The number of aryl methyl sites for hydroxylation is 1. The number of anilines is 1. The van der Waals surface area contributed by atoms with Gasteiger partial charge in [-0.3, -0.25) is 19.4 Å². The number of urea groups is 1. The molecule has 170 valence electrons. The fourth-order valence-corrected chi connectivity index (χ4v) is 4.03. The van der Waals surface area contributed by atoms with E-state index in [1.165, 1.54) is 9.80 Å². The topological polar surface area (TPSA) is 70.2 Å². The van der Waals surface area contributed by atoms with Crippen molar-refractivity contribution in [2.75, 3.05) is 25.6 Å². The summed E-state index contributed by atoms with van der Waals surface area (Å²) in [5.74, 6) is 0.114. The van der Waals surface area contributed by atoms with Crippen LogP contribution >= 0.6 is 0 Å². The number of fused-ring (bicyclic) bond motifs is 1. The van der Waals surface area contributed by atoms with Gasteiger partial charge in [-0.2, -0.15) is 0 Å². The van der Waals surface area contributed by atoms with Crippen LogP contribution in [0.4, 0.5) is 10.5 Å². The Hall–Kier alpha value is -3.87. The van der Waals surface area contributed by atoms with Gasteiger partial charge in [0.1, 0.15) is 18.3 Å². The van der Waals surface area contributed by atoms with E-state index < -0.39 is 12.1 Å². The van der Waals surface area contributed by atoms with Gasteiger partial charge in [0, 0.05) is 19.3 Å². The largest absolute Gasteiger partial charge is 0.497 e. The van der Waals surface area contributed by atoms with Crippen molar-refractivity contribution in [1.29, 1.82) is 0 Å². The summed E-state index contributed by atoms with van der Waals surface area (Å²) in [6.45, 7) is 3.72. The molecular weight excluding hydrogens is 418 g/mol. The van der Waals surface area contributed by atoms with Crippen molar-refractivity contribution in [3.63, 3.8) is 0 Å². The van der Waals surface area contributed by atoms with Crippen molar-refractivity contribution in [3.8, 4) is 5.75 Å². The second-order valence-corrected chi connectivity index (χ2v) is 8.39. The highest BCUT2D eigenvalue weighted by molar-refractivity contribution is 6.15. The summed E-state index contributed by atoms with van der Waals surface area (Å²) in [7, 11) is 3.31. The van der Waals surface area contributed by atoms with Crippen LogP contribution in [0.25, 0.3) is 10.8 Å². The Labute approximate surface area is 193 Å². The van der Waals surface area contributed by atoms with Gasteiger partial charge in [-0.25, -0.2) is 4.79 Å². The summed E-state index contributed by atoms with van der Waals surface area (Å²) < 4.78 is 5.26. The standard InChI is InChI=1S/C26H27N3O4/c1-17-5-10-22(11-6-17)29-18(2)25(31)28(26(29)32)16-24(30)27(3)15-19-7-8-21-14-23(33-4)12-9-20(21)13-19/h5-14,18H,15-16H2,1-4H3/t18-/m1/s1. The third kappa shape index (κ3) is 4.39. The molecule has 1 heterocycles. The number of methoxy groups -OCH3 is 1. The maximum absolute atomic E-state index is 13.0. The number of ether oxygens (including phenoxy) is 1. The monoisotopic (exact) mass is 445 g/mol. The van der Waals surface area contributed by atoms with E-state index in [9.17, 15) is 14.4 Å². The fourth-order valence-electron chi connectivity index (χ4n) is 4.03. The van der Waals surface area contributed by atoms with E-state index in [1.807, 2.05) is 67.6 Å². The highest BCUT2D eigenvalue weighted by Gasteiger charge is 2.44. The van der Waals surface area contributed by atoms with Gasteiger partial charge >= 0.3 is 6.03 Å². The van der Waals surface area contributed by atoms with Crippen LogP contribution in [0, 0.1) is 6.92 Å². The van der Waals surface area contributed by atoms with E-state index in [2.05, 4.69) is 0 Å². The lowest BCUT2D eigenvalue weighted by atomic mass is 10.1. The molecule has 33 heavy (non-hydrogen) atoms. The number of hydrogen-bond acceptors (Lipinski definition) is 4. The lowest BCUT2D eigenvalue weighted by Crippen LogP contribution is -2.42. The lowest BCUT2D eigenvalue weighted by molar-refractivity contribution is -0.136. The molecule has 0 aliphatic carbocycles. The Morgan fingerprint density at radius 1 is 1.00 bits per heavy atom. The second-order valence-electron chi connectivity index (χ2n) is 8.39. The van der Waals surface area contributed by atoms with Gasteiger partial charge in [0.05, 0.1) is 7.11 Å². The molecule has 3 aromatic carbocycles. The van der Waals surface area contributed by atoms with Crippen molar-refractivity contribution in [1.82, 2.24) is 9.80 Å². The van der Waals surface area contributed by atoms with Crippen LogP contribution in [0.3, 0.4) is 0 Å². The predicted octanol–water partition coefficient (Wildman–Crippen LogP) is 3.97. The molecule has 1 atom stereocenters. The molecule has 0 aromatic heterocycles. The third-order valence-electron chi connectivity index (χ3n) is 6.01. The van der Waals surface area contributed by atoms with E-state index in [1.54, 1.807) is 21.1 Å². The molecule has 4 rings (SSSR count). The van der Waals surface area contributed by atoms with Crippen LogP contribution in [0.15, 0.2) is 60.7 Å². The average Bonchev–Trinajstić information content (AvgIpc) is 3.02. The molecular formula is C26H27N3O4. The minimum Gasteiger partial charge on any atom is -0.497 e. The number of carbonyl (C=O) groups is 3. The molecule has 1 aliphatic rings. The molecule has 0 spiro atoms. The molecule has 3 aromatic rings. The molecule has 0 N–H and O–H groups in total. The lowest BCUT2D eigenvalue weighted by Gasteiger charge is -2.22. The van der Waals surface area contributed by atoms with Crippen molar-refractivity contribution in [2.24, 2.45) is 0 Å². The van der Waals surface area contributed by atoms with Gasteiger partial charge < -0.3 is 9.64 Å². The van der Waals surface area contributed by atoms with Crippen LogP contribution in [0.2, 0.25) is 0 Å². The number of amides is 4. The maximum atomic E-state index is 13.0. The second kappa shape index (κ2) is 8.94. The minimum absolute atomic E-state index is 0.286. The summed E-state index contributed by atoms with van der Waals surface area (Å²) >= 11 is 0. The first-order chi connectivity index (χ1) is 15.8. The molecule has 7 heteroatoms. The number of nitrogens with zero attached hydrogens (tertiary/aromatic N) is 3. The smallest absolute Gasteiger partial charge is 0.332 e. The Morgan fingerprint density at radius 2 is 1.67 bits per heavy atom. The van der Waals surface area contributed by atoms with E-state index in [0.717, 1.165) is 32.5 Å². The first-order valence-electron chi connectivity index (χ1n) is 10.8. The number of imide groups is 1. The number of carbonyl (C=O) groups excluding carboxylic acids is 3. The van der Waals surface area contributed by atoms with E-state index >= 15 is 0 Å². The van der Waals surface area contributed by atoms with Gasteiger partial charge in [-0.1, -0.05) is 35.9 Å². The zero-order valence-electron chi connectivity index (χ0n) is 19.2. The van der Waals surface area contributed by atoms with Crippen LogP contribution in [0.1, 0.15) is 18.1 Å². The van der Waals surface area contributed by atoms with E-state index in [-0.39, 0.29) is 18.4 Å². The number of hydrogen-bond donors (Lipinski definition) is 0. The van der Waals surface area contributed by atoms with Gasteiger partial charge in [0.15, 0.2) is 0 Å². The Kier molecular flexibility index (Phi) is 6.05. The summed E-state index contributed by atoms with van der Waals surface area (Å²) in [5.41, 5.74) is 2.66. The highest BCUT2D eigenvalue weighted by Crippen LogP contribution is 2.26. The molecule has 7 nitrogen and oxygen atoms in total. The first-order valence-corrected chi connectivity index (χ1v) is 10.8. The molecule has 4 amide bonds. The number of benzene rings is 3. The fraction of sp³-hybridized carbons (Fsp3) is 0.269. The van der Waals surface area contributed by atoms with Crippen LogP contribution in [-0.4, -0.2) is 54.4 Å². The van der Waals surface area contributed by atoms with Crippen LogP contribution in [0.5, 0.6) is 5.75 Å². The molecule has 0 bridgehead atoms. The molecule has 1 saturated heterocycles. The Morgan fingerprint density at radius 3 is 2.36 bits per heavy atom. The van der Waals surface area contributed by atoms with Gasteiger partial charge in [0.25, 0.3) is 5.91 Å². The molecule has 1 fully saturated rings. The SMILES string of the molecule is COc1ccc2cc(CN(C)C(=O)CN3C(=O)[C@@H](C)N(c4ccc(C)cc4)C3=O)ccc2c1. The van der Waals surface area contributed by atoms with Crippen molar-refractivity contribution in [2.45, 2.75) is 26.4 Å². The molecule has 0 saturated carbocycles. The van der Waals surface area contributed by atoms with Crippen LogP contribution in [-0.2, 0) is 16.1 Å². The zero-order valence-corrected chi connectivity index (χ0v) is 19.2. The molecule has 0 unspecified atom stereocenters. The molecule has 1 aliphatic heterocycles. The number of likely N-dealkylation sites (N-methyl/N-ethyl adjacent to an activating group) is 1. The van der Waals surface area contributed by atoms with Crippen molar-refractivity contribution in [3.05, 3.63) is 71.8 Å². The first kappa shape index (κ1) is 22.3. The summed E-state index contributed by atoms with van der Waals surface area (Å²) in [6.07, 6.45) is 0. The van der Waals surface area contributed by atoms with Crippen molar-refractivity contribution >= 4 is 34.3 Å². The summed E-state index contributed by atoms with van der Waals surface area (Å²) in [5, 5.41) is 2.09. The predicted molar refractivity (Wildman–Crippen MR) is 127 cm³/mol. The normalized spacial score (nSPS) is 15.9. The van der Waals surface area contributed by atoms with Crippen LogP contribution < -0.4 is 9.64 Å². The molecule has 0 radical (unpaired) electrons. The highest BCUT2D eigenvalue weighted by atomic mass is 16.5. The van der Waals surface area contributed by atoms with Crippen molar-refractivity contribution < 1.29 is 19.1 Å². The summed E-state index contributed by atoms with van der Waals surface area (Å²) in [4.78, 5) is 42.6. The van der Waals surface area contributed by atoms with Gasteiger partial charge in [0.2, 0.25) is 5.91 Å².